The van der Waals surface area contributed by atoms with Crippen LogP contribution >= 0.6 is 0 Å². The summed E-state index contributed by atoms with van der Waals surface area (Å²) in [6.07, 6.45) is -2.40. The molecule has 0 spiro atoms. The van der Waals surface area contributed by atoms with Crippen LogP contribution in [0.15, 0.2) is 54.6 Å². The first-order valence-electron chi connectivity index (χ1n) is 15.4. The van der Waals surface area contributed by atoms with Gasteiger partial charge < -0.3 is 35.3 Å². The summed E-state index contributed by atoms with van der Waals surface area (Å²) in [5, 5.41) is 21.3. The fourth-order valence-corrected chi connectivity index (χ4v) is 4.66. The molecule has 0 unspecified atom stereocenters. The minimum Gasteiger partial charge on any atom is -0.497 e. The van der Waals surface area contributed by atoms with Crippen molar-refractivity contribution >= 4 is 24.0 Å². The molecule has 2 aromatic carbocycles. The van der Waals surface area contributed by atoms with E-state index in [0.29, 0.717) is 5.75 Å². The van der Waals surface area contributed by atoms with Crippen LogP contribution in [0.1, 0.15) is 45.7 Å². The molecule has 13 nitrogen and oxygen atoms in total. The zero-order valence-corrected chi connectivity index (χ0v) is 27.7. The SMILES string of the molecule is CCOC(=O)N[C@H](C(=O)N[C@@H](Cc1ccccc1)[C@@H](O)CN(Cc1ccc(OC)cc1)NC(=O)[C@@H](NC(=O)OC)C(C)C)C(C)C. The molecule has 13 heteroatoms. The lowest BCUT2D eigenvalue weighted by Gasteiger charge is -2.33. The van der Waals surface area contributed by atoms with Crippen LogP contribution in [0.2, 0.25) is 0 Å². The second kappa shape index (κ2) is 19.2. The van der Waals surface area contributed by atoms with Crippen LogP contribution in [-0.4, -0.2) is 85.7 Å². The van der Waals surface area contributed by atoms with Gasteiger partial charge in [0.15, 0.2) is 0 Å². The molecule has 0 aliphatic carbocycles. The van der Waals surface area contributed by atoms with Crippen molar-refractivity contribution in [2.75, 3.05) is 27.4 Å². The van der Waals surface area contributed by atoms with Gasteiger partial charge in [-0.2, -0.15) is 0 Å². The van der Waals surface area contributed by atoms with Gasteiger partial charge >= 0.3 is 12.2 Å². The molecule has 0 radical (unpaired) electrons. The number of ether oxygens (including phenoxy) is 3. The van der Waals surface area contributed by atoms with Crippen molar-refractivity contribution in [1.29, 1.82) is 0 Å². The highest BCUT2D eigenvalue weighted by Crippen LogP contribution is 2.15. The van der Waals surface area contributed by atoms with Crippen molar-refractivity contribution in [1.82, 2.24) is 26.4 Å². The van der Waals surface area contributed by atoms with Gasteiger partial charge in [0.05, 0.1) is 33.0 Å². The summed E-state index contributed by atoms with van der Waals surface area (Å²) in [5.74, 6) is -0.903. The number of hydrogen-bond acceptors (Lipinski definition) is 9. The third-order valence-electron chi connectivity index (χ3n) is 7.20. The van der Waals surface area contributed by atoms with Crippen LogP contribution in [0, 0.1) is 11.8 Å². The van der Waals surface area contributed by atoms with Crippen LogP contribution in [0.25, 0.3) is 0 Å². The number of rotatable bonds is 17. The number of carbonyl (C=O) groups excluding carboxylic acids is 4. The maximum absolute atomic E-state index is 13.5. The molecule has 2 rings (SSSR count). The largest absolute Gasteiger partial charge is 0.497 e. The Morgan fingerprint density at radius 1 is 0.783 bits per heavy atom. The molecular weight excluding hydrogens is 594 g/mol. The minimum atomic E-state index is -1.19. The van der Waals surface area contributed by atoms with Gasteiger partial charge in [-0.05, 0) is 48.4 Å². The zero-order chi connectivity index (χ0) is 34.2. The fraction of sp³-hybridized carbons (Fsp3) is 0.515. The number of hydrazine groups is 1. The molecule has 2 aromatic rings. The number of alkyl carbamates (subject to hydrolysis) is 2. The van der Waals surface area contributed by atoms with Gasteiger partial charge in [0.1, 0.15) is 17.8 Å². The van der Waals surface area contributed by atoms with E-state index in [1.165, 1.54) is 12.1 Å². The number of amides is 4. The zero-order valence-electron chi connectivity index (χ0n) is 27.7. The van der Waals surface area contributed by atoms with Crippen molar-refractivity contribution in [3.05, 3.63) is 65.7 Å². The minimum absolute atomic E-state index is 0.101. The molecule has 0 bridgehead atoms. The van der Waals surface area contributed by atoms with E-state index in [9.17, 15) is 24.3 Å². The number of hydrogen-bond donors (Lipinski definition) is 5. The predicted molar refractivity (Wildman–Crippen MR) is 173 cm³/mol. The Kier molecular flexibility index (Phi) is 15.8. The molecule has 0 saturated carbocycles. The summed E-state index contributed by atoms with van der Waals surface area (Å²) in [7, 11) is 2.77. The van der Waals surface area contributed by atoms with Gasteiger partial charge in [-0.15, -0.1) is 0 Å². The van der Waals surface area contributed by atoms with Crippen LogP contribution in [0.5, 0.6) is 5.75 Å². The molecule has 5 N–H and O–H groups in total. The summed E-state index contributed by atoms with van der Waals surface area (Å²) in [5.41, 5.74) is 4.50. The highest BCUT2D eigenvalue weighted by Gasteiger charge is 2.32. The van der Waals surface area contributed by atoms with Crippen LogP contribution < -0.4 is 26.1 Å². The Hall–Kier alpha value is -4.36. The van der Waals surface area contributed by atoms with Gasteiger partial charge in [0.25, 0.3) is 5.91 Å². The second-order valence-electron chi connectivity index (χ2n) is 11.5. The topological polar surface area (TPSA) is 168 Å². The summed E-state index contributed by atoms with van der Waals surface area (Å²) in [4.78, 5) is 51.1. The number of carbonyl (C=O) groups is 4. The molecule has 0 aliphatic rings. The molecule has 254 valence electrons. The third kappa shape index (κ3) is 12.6. The van der Waals surface area contributed by atoms with E-state index >= 15 is 0 Å². The number of methoxy groups -OCH3 is 2. The van der Waals surface area contributed by atoms with E-state index < -0.39 is 48.2 Å². The van der Waals surface area contributed by atoms with Crippen molar-refractivity contribution < 1.29 is 38.5 Å². The first-order chi connectivity index (χ1) is 21.9. The van der Waals surface area contributed by atoms with E-state index in [1.807, 2.05) is 42.5 Å². The van der Waals surface area contributed by atoms with E-state index in [4.69, 9.17) is 14.2 Å². The maximum Gasteiger partial charge on any atom is 0.407 e. The average Bonchev–Trinajstić information content (AvgIpc) is 3.02. The van der Waals surface area contributed by atoms with Crippen LogP contribution in [-0.2, 0) is 32.0 Å². The fourth-order valence-electron chi connectivity index (χ4n) is 4.66. The molecule has 0 fully saturated rings. The normalized spacial score (nSPS) is 13.7. The van der Waals surface area contributed by atoms with Gasteiger partial charge in [-0.25, -0.2) is 14.6 Å². The second-order valence-corrected chi connectivity index (χ2v) is 11.5. The summed E-state index contributed by atoms with van der Waals surface area (Å²) >= 11 is 0. The lowest BCUT2D eigenvalue weighted by molar-refractivity contribution is -0.131. The number of benzene rings is 2. The summed E-state index contributed by atoms with van der Waals surface area (Å²) in [6.45, 7) is 9.04. The number of nitrogens with one attached hydrogen (secondary N) is 4. The van der Waals surface area contributed by atoms with Crippen LogP contribution in [0.3, 0.4) is 0 Å². The van der Waals surface area contributed by atoms with Gasteiger partial charge in [0.2, 0.25) is 5.91 Å². The lowest BCUT2D eigenvalue weighted by atomic mass is 9.98. The number of nitrogens with zero attached hydrogens (tertiary/aromatic N) is 1. The summed E-state index contributed by atoms with van der Waals surface area (Å²) in [6, 6.07) is 13.9. The Labute approximate surface area is 271 Å². The standard InChI is InChI=1S/C33H49N5O8/c1-8-46-33(43)36-28(21(2)3)30(40)34-26(18-23-12-10-9-11-13-23)27(39)20-38(19-24-14-16-25(44-6)17-15-24)37-31(41)29(22(4)5)35-32(42)45-7/h9-17,21-22,26-29,39H,8,18-20H2,1-7H3,(H,34,40)(H,35,42)(H,36,43)(H,37,41)/t26-,27-,28-,29-/m0/s1. The van der Waals surface area contributed by atoms with Gasteiger partial charge in [-0.1, -0.05) is 70.2 Å². The van der Waals surface area contributed by atoms with Gasteiger partial charge in [0, 0.05) is 13.1 Å². The Morgan fingerprint density at radius 2 is 1.37 bits per heavy atom. The van der Waals surface area contributed by atoms with E-state index in [1.54, 1.807) is 53.9 Å². The van der Waals surface area contributed by atoms with E-state index in [2.05, 4.69) is 21.4 Å². The van der Waals surface area contributed by atoms with Crippen molar-refractivity contribution in [2.24, 2.45) is 11.8 Å². The number of aliphatic hydroxyl groups excluding tert-OH is 1. The Bertz CT molecular complexity index is 1240. The molecule has 0 aliphatic heterocycles. The van der Waals surface area contributed by atoms with Crippen molar-refractivity contribution in [2.45, 2.75) is 71.8 Å². The molecule has 0 saturated heterocycles. The van der Waals surface area contributed by atoms with Crippen LogP contribution in [0.4, 0.5) is 9.59 Å². The van der Waals surface area contributed by atoms with E-state index in [0.717, 1.165) is 11.1 Å². The predicted octanol–water partition coefficient (Wildman–Crippen LogP) is 2.77. The lowest BCUT2D eigenvalue weighted by Crippen LogP contribution is -2.59. The summed E-state index contributed by atoms with van der Waals surface area (Å²) < 4.78 is 14.9. The molecule has 0 heterocycles. The van der Waals surface area contributed by atoms with Gasteiger partial charge in [-0.3, -0.25) is 15.0 Å². The molecule has 4 amide bonds. The highest BCUT2D eigenvalue weighted by molar-refractivity contribution is 5.86. The molecule has 4 atom stereocenters. The highest BCUT2D eigenvalue weighted by atomic mass is 16.5. The molecule has 0 aromatic heterocycles. The molecular formula is C33H49N5O8. The quantitative estimate of drug-likeness (QED) is 0.163. The smallest absolute Gasteiger partial charge is 0.407 e. The monoisotopic (exact) mass is 643 g/mol. The maximum atomic E-state index is 13.5. The third-order valence-corrected chi connectivity index (χ3v) is 7.20. The molecule has 46 heavy (non-hydrogen) atoms. The first-order valence-corrected chi connectivity index (χ1v) is 15.4. The first kappa shape index (κ1) is 37.8. The average molecular weight is 644 g/mol. The van der Waals surface area contributed by atoms with Crippen molar-refractivity contribution in [3.63, 3.8) is 0 Å². The van der Waals surface area contributed by atoms with E-state index in [-0.39, 0.29) is 38.0 Å². The Morgan fingerprint density at radius 3 is 1.91 bits per heavy atom. The van der Waals surface area contributed by atoms with Crippen molar-refractivity contribution in [3.8, 4) is 5.75 Å². The Balaban J connectivity index is 2.38. The number of aliphatic hydroxyl groups is 1.